The summed E-state index contributed by atoms with van der Waals surface area (Å²) in [7, 11) is 0. The number of hydrogen-bond donors (Lipinski definition) is 1. The van der Waals surface area contributed by atoms with E-state index in [1.807, 2.05) is 6.92 Å². The molecule has 1 atom stereocenters. The topological polar surface area (TPSA) is 69.9 Å². The number of halogens is 1. The Hall–Kier alpha value is -3.00. The van der Waals surface area contributed by atoms with Gasteiger partial charge in [-0.3, -0.25) is 14.6 Å². The highest BCUT2D eigenvalue weighted by Crippen LogP contribution is 2.37. The Morgan fingerprint density at radius 1 is 1.29 bits per heavy atom. The van der Waals surface area contributed by atoms with Crippen molar-refractivity contribution >= 4 is 23.4 Å². The predicted molar refractivity (Wildman–Crippen MR) is 105 cm³/mol. The van der Waals surface area contributed by atoms with Crippen LogP contribution in [0, 0.1) is 5.82 Å². The van der Waals surface area contributed by atoms with E-state index in [2.05, 4.69) is 10.1 Å². The van der Waals surface area contributed by atoms with Crippen molar-refractivity contribution in [2.45, 2.75) is 25.2 Å². The minimum Gasteiger partial charge on any atom is -0.291 e. The molecule has 0 unspecified atom stereocenters. The minimum atomic E-state index is -0.767. The largest absolute Gasteiger partial charge is 0.325 e. The lowest BCUT2D eigenvalue weighted by atomic mass is 10.0. The molecule has 0 radical (unpaired) electrons. The summed E-state index contributed by atoms with van der Waals surface area (Å²) in [5, 5.41) is 5.04. The number of benzene rings is 2. The molecule has 2 aromatic carbocycles. The average molecular weight is 397 g/mol. The Balaban J connectivity index is 2.07. The van der Waals surface area contributed by atoms with Crippen LogP contribution in [0.15, 0.2) is 58.5 Å². The monoisotopic (exact) mass is 397 g/mol. The van der Waals surface area contributed by atoms with E-state index in [4.69, 9.17) is 0 Å². The maximum absolute atomic E-state index is 14.0. The van der Waals surface area contributed by atoms with E-state index in [0.29, 0.717) is 27.7 Å². The summed E-state index contributed by atoms with van der Waals surface area (Å²) in [6.45, 7) is 3.40. The van der Waals surface area contributed by atoms with Gasteiger partial charge in [-0.25, -0.2) is 9.29 Å². The number of aromatic nitrogens is 3. The number of nitrogens with one attached hydrogen (secondary N) is 1. The van der Waals surface area contributed by atoms with Crippen molar-refractivity contribution in [3.63, 3.8) is 0 Å². The summed E-state index contributed by atoms with van der Waals surface area (Å²) < 4.78 is 15.5. The molecule has 0 spiro atoms. The molecule has 0 fully saturated rings. The third-order valence-electron chi connectivity index (χ3n) is 4.53. The van der Waals surface area contributed by atoms with Crippen molar-refractivity contribution in [2.24, 2.45) is 0 Å². The summed E-state index contributed by atoms with van der Waals surface area (Å²) in [5.41, 5.74) is 1.76. The molecule has 1 aromatic heterocycles. The quantitative estimate of drug-likeness (QED) is 0.545. The minimum absolute atomic E-state index is 0.230. The molecule has 2 heterocycles. The van der Waals surface area contributed by atoms with E-state index in [1.54, 1.807) is 41.3 Å². The molecule has 4 rings (SSSR count). The molecular formula is C20H18FN4O2S+. The summed E-state index contributed by atoms with van der Waals surface area (Å²) in [5.74, 6) is 0.0709. The standard InChI is InChI=1S/C20H17FN4O2S/c1-3-28-20-22-18(27)17-15-9-4-5-10-16(15)24(12(2)26)19(25(17)23-20)13-7-6-8-14(21)11-13/h4-11,19H,3H2,1-2H3/p+1/t19-/m0/s1. The Labute approximate surface area is 165 Å². The number of hydrogen-bond acceptors (Lipinski definition) is 4. The number of H-pyrrole nitrogens is 1. The van der Waals surface area contributed by atoms with Gasteiger partial charge in [0, 0.05) is 17.6 Å². The lowest BCUT2D eigenvalue weighted by Crippen LogP contribution is -2.60. The van der Waals surface area contributed by atoms with Crippen molar-refractivity contribution in [1.82, 2.24) is 10.1 Å². The van der Waals surface area contributed by atoms with Crippen LogP contribution in [-0.4, -0.2) is 21.7 Å². The van der Waals surface area contributed by atoms with Gasteiger partial charge in [0.1, 0.15) is 5.82 Å². The van der Waals surface area contributed by atoms with Gasteiger partial charge in [-0.05, 0) is 40.8 Å². The van der Waals surface area contributed by atoms with Crippen molar-refractivity contribution < 1.29 is 13.9 Å². The Bertz CT molecular complexity index is 1130. The summed E-state index contributed by atoms with van der Waals surface area (Å²) in [4.78, 5) is 29.9. The number of nitrogens with zero attached hydrogens (tertiary/aromatic N) is 3. The zero-order chi connectivity index (χ0) is 19.8. The molecule has 0 bridgehead atoms. The van der Waals surface area contributed by atoms with E-state index >= 15 is 0 Å². The fourth-order valence-corrected chi connectivity index (χ4v) is 4.07. The van der Waals surface area contributed by atoms with Crippen LogP contribution in [0.4, 0.5) is 10.1 Å². The van der Waals surface area contributed by atoms with Gasteiger partial charge in [-0.1, -0.05) is 36.9 Å². The molecule has 0 saturated heterocycles. The van der Waals surface area contributed by atoms with Crippen LogP contribution in [0.3, 0.4) is 0 Å². The zero-order valence-electron chi connectivity index (χ0n) is 15.3. The van der Waals surface area contributed by atoms with Crippen molar-refractivity contribution in [2.75, 3.05) is 10.7 Å². The smallest absolute Gasteiger partial charge is 0.291 e. The van der Waals surface area contributed by atoms with Gasteiger partial charge in [-0.2, -0.15) is 0 Å². The molecule has 1 amide bonds. The lowest BCUT2D eigenvalue weighted by molar-refractivity contribution is -0.763. The first-order valence-electron chi connectivity index (χ1n) is 8.85. The van der Waals surface area contributed by atoms with Gasteiger partial charge in [-0.15, -0.1) is 0 Å². The van der Waals surface area contributed by atoms with Crippen LogP contribution in [0.25, 0.3) is 11.3 Å². The maximum atomic E-state index is 14.0. The van der Waals surface area contributed by atoms with Crippen LogP contribution in [0.5, 0.6) is 0 Å². The Kier molecular flexibility index (Phi) is 4.72. The second-order valence-electron chi connectivity index (χ2n) is 6.32. The second kappa shape index (κ2) is 7.20. The SMILES string of the molecule is CCSc1n[n+]2c(c(=O)[nH]1)-c1ccccc1N(C(C)=O)[C@@H]2c1cccc(F)c1. The van der Waals surface area contributed by atoms with Crippen molar-refractivity contribution in [3.05, 3.63) is 70.3 Å². The first-order chi connectivity index (χ1) is 13.5. The maximum Gasteiger partial charge on any atom is 0.325 e. The molecule has 8 heteroatoms. The number of amides is 1. The van der Waals surface area contributed by atoms with E-state index in [-0.39, 0.29) is 11.5 Å². The van der Waals surface area contributed by atoms with E-state index < -0.39 is 12.0 Å². The van der Waals surface area contributed by atoms with Crippen molar-refractivity contribution in [1.29, 1.82) is 0 Å². The number of rotatable bonds is 3. The zero-order valence-corrected chi connectivity index (χ0v) is 16.2. The number of carbonyl (C=O) groups is 1. The second-order valence-corrected chi connectivity index (χ2v) is 7.57. The van der Waals surface area contributed by atoms with E-state index in [1.165, 1.54) is 35.5 Å². The first-order valence-corrected chi connectivity index (χ1v) is 9.83. The average Bonchev–Trinajstić information content (AvgIpc) is 2.66. The molecule has 1 N–H and O–H groups in total. The number of fused-ring (bicyclic) bond motifs is 3. The highest BCUT2D eigenvalue weighted by atomic mass is 32.2. The molecule has 3 aromatic rings. The highest BCUT2D eigenvalue weighted by molar-refractivity contribution is 7.99. The van der Waals surface area contributed by atoms with Gasteiger partial charge in [0.2, 0.25) is 11.1 Å². The van der Waals surface area contributed by atoms with Crippen LogP contribution >= 0.6 is 11.8 Å². The number of para-hydroxylation sites is 1. The van der Waals surface area contributed by atoms with Crippen LogP contribution in [0.1, 0.15) is 25.6 Å². The van der Waals surface area contributed by atoms with Gasteiger partial charge in [0.25, 0.3) is 6.17 Å². The molecule has 1 aliphatic rings. The van der Waals surface area contributed by atoms with Gasteiger partial charge >= 0.3 is 11.3 Å². The molecule has 142 valence electrons. The molecule has 0 aliphatic carbocycles. The Morgan fingerprint density at radius 2 is 2.07 bits per heavy atom. The van der Waals surface area contributed by atoms with E-state index in [9.17, 15) is 14.0 Å². The summed E-state index contributed by atoms with van der Waals surface area (Å²) >= 11 is 1.39. The predicted octanol–water partition coefficient (Wildman–Crippen LogP) is 2.89. The normalized spacial score (nSPS) is 15.1. The van der Waals surface area contributed by atoms with Crippen LogP contribution in [-0.2, 0) is 4.79 Å². The molecule has 1 aliphatic heterocycles. The number of thioether (sulfide) groups is 1. The third-order valence-corrected chi connectivity index (χ3v) is 5.27. The van der Waals surface area contributed by atoms with Gasteiger partial charge in [0.05, 0.1) is 11.3 Å². The van der Waals surface area contributed by atoms with Gasteiger partial charge < -0.3 is 0 Å². The van der Waals surface area contributed by atoms with Crippen LogP contribution < -0.4 is 15.1 Å². The molecule has 6 nitrogen and oxygen atoms in total. The summed E-state index contributed by atoms with van der Waals surface area (Å²) in [6.07, 6.45) is -0.767. The fraction of sp³-hybridized carbons (Fsp3) is 0.200. The summed E-state index contributed by atoms with van der Waals surface area (Å²) in [6, 6.07) is 13.2. The van der Waals surface area contributed by atoms with Crippen LogP contribution in [0.2, 0.25) is 0 Å². The van der Waals surface area contributed by atoms with Gasteiger partial charge in [0.15, 0.2) is 0 Å². The third kappa shape index (κ3) is 2.99. The number of carbonyl (C=O) groups excluding carboxylic acids is 1. The fourth-order valence-electron chi connectivity index (χ4n) is 3.48. The highest BCUT2D eigenvalue weighted by Gasteiger charge is 2.44. The number of anilines is 1. The Morgan fingerprint density at radius 3 is 2.79 bits per heavy atom. The lowest BCUT2D eigenvalue weighted by Gasteiger charge is -2.31. The van der Waals surface area contributed by atoms with E-state index in [0.717, 1.165) is 5.75 Å². The molecule has 0 saturated carbocycles. The molecule has 28 heavy (non-hydrogen) atoms. The van der Waals surface area contributed by atoms with Crippen molar-refractivity contribution in [3.8, 4) is 11.3 Å². The first kappa shape index (κ1) is 18.4. The molecular weight excluding hydrogens is 379 g/mol. The number of aromatic amines is 1.